The fourth-order valence-corrected chi connectivity index (χ4v) is 3.49. The number of hydrogen-bond donors (Lipinski definition) is 0. The van der Waals surface area contributed by atoms with Gasteiger partial charge in [-0.15, -0.1) is 0 Å². The zero-order valence-electron chi connectivity index (χ0n) is 15.8. The number of carbonyl (C=O) groups excluding carboxylic acids is 1. The third-order valence-corrected chi connectivity index (χ3v) is 4.83. The minimum atomic E-state index is 0.00386. The van der Waals surface area contributed by atoms with Crippen LogP contribution in [0.3, 0.4) is 0 Å². The Kier molecular flexibility index (Phi) is 4.86. The van der Waals surface area contributed by atoms with Gasteiger partial charge in [0.15, 0.2) is 6.61 Å². The first-order valence-electron chi connectivity index (χ1n) is 9.23. The van der Waals surface area contributed by atoms with Crippen molar-refractivity contribution in [3.8, 4) is 5.75 Å². The maximum absolute atomic E-state index is 12.6. The van der Waals surface area contributed by atoms with Crippen LogP contribution in [-0.4, -0.2) is 43.0 Å². The molecular weight excluding hydrogens is 340 g/mol. The predicted molar refractivity (Wildman–Crippen MR) is 105 cm³/mol. The van der Waals surface area contributed by atoms with Crippen LogP contribution >= 0.6 is 0 Å². The largest absolute Gasteiger partial charge is 0.484 e. The van der Waals surface area contributed by atoms with Crippen LogP contribution in [0.2, 0.25) is 0 Å². The zero-order chi connectivity index (χ0) is 18.8. The second kappa shape index (κ2) is 7.45. The summed E-state index contributed by atoms with van der Waals surface area (Å²) in [6.07, 6.45) is 0.754. The van der Waals surface area contributed by atoms with Crippen LogP contribution in [0.1, 0.15) is 17.1 Å². The number of benzene rings is 2. The van der Waals surface area contributed by atoms with Crippen molar-refractivity contribution in [2.45, 2.75) is 19.5 Å². The van der Waals surface area contributed by atoms with E-state index in [1.807, 2.05) is 55.4 Å². The molecule has 2 heterocycles. The van der Waals surface area contributed by atoms with Crippen LogP contribution in [-0.2, 0) is 24.3 Å². The van der Waals surface area contributed by atoms with Gasteiger partial charge in [-0.1, -0.05) is 30.3 Å². The van der Waals surface area contributed by atoms with Gasteiger partial charge in [-0.05, 0) is 43.1 Å². The number of amides is 1. The van der Waals surface area contributed by atoms with Gasteiger partial charge in [0.25, 0.3) is 5.91 Å². The highest BCUT2D eigenvalue weighted by molar-refractivity contribution is 5.84. The maximum atomic E-state index is 12.6. The summed E-state index contributed by atoms with van der Waals surface area (Å²) in [5.74, 6) is 2.68. The zero-order valence-corrected chi connectivity index (χ0v) is 15.8. The molecule has 0 N–H and O–H groups in total. The molecule has 4 rings (SSSR count). The van der Waals surface area contributed by atoms with Crippen molar-refractivity contribution >= 4 is 16.7 Å². The molecule has 0 unspecified atom stereocenters. The van der Waals surface area contributed by atoms with E-state index >= 15 is 0 Å². The molecule has 0 atom stereocenters. The quantitative estimate of drug-likeness (QED) is 0.696. The molecule has 1 amide bonds. The van der Waals surface area contributed by atoms with Gasteiger partial charge in [0.1, 0.15) is 17.3 Å². The summed E-state index contributed by atoms with van der Waals surface area (Å²) in [6.45, 7) is 2.08. The minimum absolute atomic E-state index is 0.00386. The van der Waals surface area contributed by atoms with E-state index in [0.29, 0.717) is 13.1 Å². The van der Waals surface area contributed by atoms with E-state index in [1.54, 1.807) is 0 Å². The first kappa shape index (κ1) is 17.6. The third-order valence-electron chi connectivity index (χ3n) is 4.83. The van der Waals surface area contributed by atoms with Crippen molar-refractivity contribution in [1.82, 2.24) is 9.80 Å². The Labute approximate surface area is 159 Å². The lowest BCUT2D eigenvalue weighted by Crippen LogP contribution is -2.38. The molecule has 1 aromatic heterocycles. The third kappa shape index (κ3) is 3.98. The van der Waals surface area contributed by atoms with Gasteiger partial charge in [-0.3, -0.25) is 4.79 Å². The van der Waals surface area contributed by atoms with E-state index in [2.05, 4.69) is 17.0 Å². The number of carbonyl (C=O) groups is 1. The smallest absolute Gasteiger partial charge is 0.260 e. The Bertz CT molecular complexity index is 961. The number of hydrogen-bond acceptors (Lipinski definition) is 4. The van der Waals surface area contributed by atoms with E-state index in [1.165, 1.54) is 0 Å². The topological polar surface area (TPSA) is 45.9 Å². The molecule has 0 saturated carbocycles. The molecule has 0 saturated heterocycles. The van der Waals surface area contributed by atoms with Gasteiger partial charge in [0.05, 0.1) is 6.54 Å². The highest BCUT2D eigenvalue weighted by atomic mass is 16.5. The Hall–Kier alpha value is -2.79. The second-order valence-corrected chi connectivity index (χ2v) is 7.26. The molecule has 3 aromatic rings. The lowest BCUT2D eigenvalue weighted by Gasteiger charge is -2.26. The van der Waals surface area contributed by atoms with Crippen molar-refractivity contribution in [2.75, 3.05) is 27.2 Å². The van der Waals surface area contributed by atoms with E-state index < -0.39 is 0 Å². The summed E-state index contributed by atoms with van der Waals surface area (Å²) < 4.78 is 11.7. The van der Waals surface area contributed by atoms with Crippen LogP contribution in [0.5, 0.6) is 5.75 Å². The number of furan rings is 1. The second-order valence-electron chi connectivity index (χ2n) is 7.26. The molecule has 1 aliphatic rings. The van der Waals surface area contributed by atoms with Gasteiger partial charge in [0.2, 0.25) is 0 Å². The van der Waals surface area contributed by atoms with Crippen LogP contribution < -0.4 is 4.74 Å². The fourth-order valence-electron chi connectivity index (χ4n) is 3.49. The van der Waals surface area contributed by atoms with E-state index in [-0.39, 0.29) is 12.5 Å². The first-order chi connectivity index (χ1) is 13.1. The molecule has 0 radical (unpaired) electrons. The van der Waals surface area contributed by atoms with Crippen molar-refractivity contribution < 1.29 is 13.9 Å². The van der Waals surface area contributed by atoms with Crippen molar-refractivity contribution in [1.29, 1.82) is 0 Å². The SMILES string of the molecule is CN(C)Cc1cc2c(o1)CCN(C(=O)COc1ccc3ccccc3c1)C2. The highest BCUT2D eigenvalue weighted by Crippen LogP contribution is 2.24. The number of ether oxygens (including phenoxy) is 1. The number of fused-ring (bicyclic) bond motifs is 2. The van der Waals surface area contributed by atoms with E-state index in [0.717, 1.165) is 46.6 Å². The van der Waals surface area contributed by atoms with Crippen LogP contribution in [0.4, 0.5) is 0 Å². The number of nitrogens with zero attached hydrogens (tertiary/aromatic N) is 2. The molecule has 1 aliphatic heterocycles. The van der Waals surface area contributed by atoms with Gasteiger partial charge in [-0.2, -0.15) is 0 Å². The summed E-state index contributed by atoms with van der Waals surface area (Å²) in [7, 11) is 4.03. The van der Waals surface area contributed by atoms with Crippen molar-refractivity contribution in [3.63, 3.8) is 0 Å². The molecule has 0 spiro atoms. The fraction of sp³-hybridized carbons (Fsp3) is 0.318. The van der Waals surface area contributed by atoms with Crippen LogP contribution in [0, 0.1) is 0 Å². The first-order valence-corrected chi connectivity index (χ1v) is 9.23. The monoisotopic (exact) mass is 364 g/mol. The summed E-state index contributed by atoms with van der Waals surface area (Å²) in [5.41, 5.74) is 1.11. The van der Waals surface area contributed by atoms with E-state index in [9.17, 15) is 4.79 Å². The van der Waals surface area contributed by atoms with Crippen molar-refractivity contribution in [2.24, 2.45) is 0 Å². The maximum Gasteiger partial charge on any atom is 0.260 e. The summed E-state index contributed by atoms with van der Waals surface area (Å²) >= 11 is 0. The van der Waals surface area contributed by atoms with Gasteiger partial charge >= 0.3 is 0 Å². The lowest BCUT2D eigenvalue weighted by atomic mass is 10.1. The Morgan fingerprint density at radius 2 is 1.96 bits per heavy atom. The van der Waals surface area contributed by atoms with Crippen LogP contribution in [0.15, 0.2) is 52.9 Å². The summed E-state index contributed by atoms with van der Waals surface area (Å²) in [4.78, 5) is 16.5. The molecule has 5 nitrogen and oxygen atoms in total. The van der Waals surface area contributed by atoms with E-state index in [4.69, 9.17) is 9.15 Å². The lowest BCUT2D eigenvalue weighted by molar-refractivity contribution is -0.134. The van der Waals surface area contributed by atoms with Gasteiger partial charge in [-0.25, -0.2) is 0 Å². The number of rotatable bonds is 5. The molecular formula is C22H24N2O3. The minimum Gasteiger partial charge on any atom is -0.484 e. The highest BCUT2D eigenvalue weighted by Gasteiger charge is 2.24. The Morgan fingerprint density at radius 3 is 2.78 bits per heavy atom. The standard InChI is InChI=1S/C22H24N2O3/c1-23(2)14-20-12-18-13-24(10-9-21(18)27-20)22(25)15-26-19-8-7-16-5-3-4-6-17(16)11-19/h3-8,11-12H,9-10,13-15H2,1-2H3. The molecule has 0 fully saturated rings. The Balaban J connectivity index is 1.37. The molecule has 5 heteroatoms. The van der Waals surface area contributed by atoms with Crippen LogP contribution in [0.25, 0.3) is 10.8 Å². The molecule has 0 bridgehead atoms. The normalized spacial score (nSPS) is 13.8. The average molecular weight is 364 g/mol. The summed E-state index contributed by atoms with van der Waals surface area (Å²) in [5, 5.41) is 2.27. The predicted octanol–water partition coefficient (Wildman–Crippen LogP) is 3.46. The molecule has 140 valence electrons. The molecule has 0 aliphatic carbocycles. The average Bonchev–Trinajstić information content (AvgIpc) is 3.06. The van der Waals surface area contributed by atoms with Gasteiger partial charge in [0, 0.05) is 25.1 Å². The molecule has 27 heavy (non-hydrogen) atoms. The van der Waals surface area contributed by atoms with Crippen molar-refractivity contribution in [3.05, 3.63) is 65.6 Å². The molecule has 2 aromatic carbocycles. The summed E-state index contributed by atoms with van der Waals surface area (Å²) in [6, 6.07) is 16.1. The Morgan fingerprint density at radius 1 is 1.15 bits per heavy atom. The van der Waals surface area contributed by atoms with Gasteiger partial charge < -0.3 is 19.0 Å².